The van der Waals surface area contributed by atoms with Crippen molar-refractivity contribution < 1.29 is 15.0 Å². The Kier molecular flexibility index (Phi) is 4.72. The third kappa shape index (κ3) is 3.36. The number of aliphatic hydroxyl groups is 2. The summed E-state index contributed by atoms with van der Waals surface area (Å²) >= 11 is 0. The van der Waals surface area contributed by atoms with Gasteiger partial charge >= 0.3 is 0 Å². The van der Waals surface area contributed by atoms with Crippen LogP contribution in [-0.2, 0) is 31.4 Å². The van der Waals surface area contributed by atoms with E-state index >= 15 is 0 Å². The second kappa shape index (κ2) is 7.17. The van der Waals surface area contributed by atoms with Gasteiger partial charge in [0.2, 0.25) is 5.91 Å². The van der Waals surface area contributed by atoms with E-state index in [1.807, 2.05) is 35.0 Å². The summed E-state index contributed by atoms with van der Waals surface area (Å²) in [7, 11) is 1.99. The van der Waals surface area contributed by atoms with Gasteiger partial charge in [-0.15, -0.1) is 0 Å². The van der Waals surface area contributed by atoms with Gasteiger partial charge in [0.05, 0.1) is 31.0 Å². The van der Waals surface area contributed by atoms with Crippen LogP contribution >= 0.6 is 0 Å². The fourth-order valence-corrected chi connectivity index (χ4v) is 3.79. The fraction of sp³-hybridized carbons (Fsp3) is 0.400. The molecule has 142 valence electrons. The molecule has 1 unspecified atom stereocenters. The smallest absolute Gasteiger partial charge is 0.227 e. The molecule has 0 aliphatic carbocycles. The Bertz CT molecular complexity index is 975. The number of amides is 1. The van der Waals surface area contributed by atoms with E-state index in [2.05, 4.69) is 21.8 Å². The lowest BCUT2D eigenvalue weighted by Crippen LogP contribution is -2.32. The number of hydrogen-bond donors (Lipinski definition) is 2. The number of rotatable bonds is 4. The van der Waals surface area contributed by atoms with Crippen LogP contribution in [0.3, 0.4) is 0 Å². The molecule has 0 bridgehead atoms. The molecule has 1 amide bonds. The number of fused-ring (bicyclic) bond motifs is 2. The van der Waals surface area contributed by atoms with Crippen molar-refractivity contribution in [3.8, 4) is 0 Å². The highest BCUT2D eigenvalue weighted by atomic mass is 16.3. The van der Waals surface area contributed by atoms with E-state index in [4.69, 9.17) is 5.11 Å². The summed E-state index contributed by atoms with van der Waals surface area (Å²) < 4.78 is 3.89. The fourth-order valence-electron chi connectivity index (χ4n) is 3.79. The standard InChI is InChI=1S/C20H24N4O3/c1-22-11-14(16-5-2-3-6-18(16)22)9-20(27)23-7-4-8-24-15(12-23)10-17(21-24)19(26)13-25/h2-3,5-6,10-11,19,25-26H,4,7-9,12-13H2,1H3. The summed E-state index contributed by atoms with van der Waals surface area (Å²) in [6.07, 6.45) is 2.22. The van der Waals surface area contributed by atoms with Gasteiger partial charge in [0.25, 0.3) is 0 Å². The molecule has 0 spiro atoms. The van der Waals surface area contributed by atoms with Crippen LogP contribution in [0.4, 0.5) is 0 Å². The maximum absolute atomic E-state index is 13.0. The summed E-state index contributed by atoms with van der Waals surface area (Å²) in [6.45, 7) is 1.49. The van der Waals surface area contributed by atoms with E-state index in [0.29, 0.717) is 31.7 Å². The summed E-state index contributed by atoms with van der Waals surface area (Å²) in [6, 6.07) is 9.89. The van der Waals surface area contributed by atoms with Gasteiger partial charge in [-0.25, -0.2) is 0 Å². The molecule has 0 radical (unpaired) electrons. The van der Waals surface area contributed by atoms with Gasteiger partial charge in [0, 0.05) is 37.2 Å². The number of benzene rings is 1. The zero-order valence-corrected chi connectivity index (χ0v) is 15.4. The number of nitrogens with zero attached hydrogens (tertiary/aromatic N) is 4. The molecule has 0 saturated heterocycles. The Morgan fingerprint density at radius 1 is 1.30 bits per heavy atom. The minimum atomic E-state index is -0.982. The summed E-state index contributed by atoms with van der Waals surface area (Å²) in [5.41, 5.74) is 3.50. The minimum Gasteiger partial charge on any atom is -0.393 e. The van der Waals surface area contributed by atoms with Gasteiger partial charge < -0.3 is 19.7 Å². The maximum atomic E-state index is 13.0. The molecule has 3 aromatic rings. The molecule has 7 nitrogen and oxygen atoms in total. The highest BCUT2D eigenvalue weighted by molar-refractivity contribution is 5.89. The molecular weight excluding hydrogens is 344 g/mol. The average molecular weight is 368 g/mol. The highest BCUT2D eigenvalue weighted by Crippen LogP contribution is 2.23. The Morgan fingerprint density at radius 2 is 2.11 bits per heavy atom. The Morgan fingerprint density at radius 3 is 2.93 bits per heavy atom. The van der Waals surface area contributed by atoms with E-state index in [0.717, 1.165) is 28.6 Å². The predicted molar refractivity (Wildman–Crippen MR) is 101 cm³/mol. The monoisotopic (exact) mass is 368 g/mol. The molecule has 0 saturated carbocycles. The number of aryl methyl sites for hydroxylation is 2. The second-order valence-electron chi connectivity index (χ2n) is 7.11. The number of hydrogen-bond acceptors (Lipinski definition) is 4. The third-order valence-electron chi connectivity index (χ3n) is 5.22. The van der Waals surface area contributed by atoms with E-state index in [-0.39, 0.29) is 12.5 Å². The topological polar surface area (TPSA) is 83.5 Å². The third-order valence-corrected chi connectivity index (χ3v) is 5.22. The normalized spacial score (nSPS) is 15.6. The van der Waals surface area contributed by atoms with Crippen molar-refractivity contribution in [1.82, 2.24) is 19.2 Å². The van der Waals surface area contributed by atoms with Crippen LogP contribution in [0.5, 0.6) is 0 Å². The van der Waals surface area contributed by atoms with Gasteiger partial charge in [-0.1, -0.05) is 18.2 Å². The van der Waals surface area contributed by atoms with Crippen LogP contribution < -0.4 is 0 Å². The van der Waals surface area contributed by atoms with Gasteiger partial charge in [-0.3, -0.25) is 9.48 Å². The Balaban J connectivity index is 1.54. The lowest BCUT2D eigenvalue weighted by molar-refractivity contribution is -0.131. The molecular formula is C20H24N4O3. The van der Waals surface area contributed by atoms with E-state index in [1.54, 1.807) is 6.07 Å². The van der Waals surface area contributed by atoms with Crippen LogP contribution in [0.2, 0.25) is 0 Å². The molecule has 27 heavy (non-hydrogen) atoms. The van der Waals surface area contributed by atoms with Crippen LogP contribution in [0.25, 0.3) is 10.9 Å². The van der Waals surface area contributed by atoms with Crippen molar-refractivity contribution in [2.24, 2.45) is 7.05 Å². The van der Waals surface area contributed by atoms with Crippen LogP contribution in [-0.4, -0.2) is 48.5 Å². The van der Waals surface area contributed by atoms with Gasteiger partial charge in [-0.2, -0.15) is 5.10 Å². The molecule has 2 N–H and O–H groups in total. The number of carbonyl (C=O) groups is 1. The summed E-state index contributed by atoms with van der Waals surface area (Å²) in [5, 5.41) is 24.4. The zero-order valence-electron chi connectivity index (χ0n) is 15.4. The van der Waals surface area contributed by atoms with E-state index in [9.17, 15) is 9.90 Å². The molecule has 7 heteroatoms. The lowest BCUT2D eigenvalue weighted by atomic mass is 10.1. The quantitative estimate of drug-likeness (QED) is 0.729. The molecule has 1 aliphatic heterocycles. The Labute approximate surface area is 157 Å². The lowest BCUT2D eigenvalue weighted by Gasteiger charge is -2.20. The van der Waals surface area contributed by atoms with E-state index < -0.39 is 6.10 Å². The van der Waals surface area contributed by atoms with Crippen molar-refractivity contribution >= 4 is 16.8 Å². The second-order valence-corrected chi connectivity index (χ2v) is 7.11. The predicted octanol–water partition coefficient (Wildman–Crippen LogP) is 1.38. The number of para-hydroxylation sites is 1. The first-order chi connectivity index (χ1) is 13.1. The number of aromatic nitrogens is 3. The van der Waals surface area contributed by atoms with Gasteiger partial charge in [0.15, 0.2) is 0 Å². The van der Waals surface area contributed by atoms with Gasteiger partial charge in [0.1, 0.15) is 6.10 Å². The molecule has 1 atom stereocenters. The summed E-state index contributed by atoms with van der Waals surface area (Å²) in [5.74, 6) is 0.0882. The minimum absolute atomic E-state index is 0.0882. The first-order valence-electron chi connectivity index (χ1n) is 9.23. The molecule has 0 fully saturated rings. The molecule has 2 aromatic heterocycles. The molecule has 1 aromatic carbocycles. The van der Waals surface area contributed by atoms with Crippen LogP contribution in [0.1, 0.15) is 29.5 Å². The molecule has 4 rings (SSSR count). The maximum Gasteiger partial charge on any atom is 0.227 e. The van der Waals surface area contributed by atoms with Crippen molar-refractivity contribution in [3.05, 3.63) is 53.5 Å². The molecule has 1 aliphatic rings. The first-order valence-corrected chi connectivity index (χ1v) is 9.23. The van der Waals surface area contributed by atoms with Crippen molar-refractivity contribution in [2.45, 2.75) is 32.0 Å². The number of aliphatic hydroxyl groups excluding tert-OH is 2. The Hall–Kier alpha value is -2.64. The van der Waals surface area contributed by atoms with Crippen molar-refractivity contribution in [3.63, 3.8) is 0 Å². The first kappa shape index (κ1) is 17.8. The van der Waals surface area contributed by atoms with Crippen LogP contribution in [0, 0.1) is 0 Å². The zero-order chi connectivity index (χ0) is 19.0. The summed E-state index contributed by atoms with van der Waals surface area (Å²) in [4.78, 5) is 14.8. The van der Waals surface area contributed by atoms with Gasteiger partial charge in [-0.05, 0) is 24.1 Å². The highest BCUT2D eigenvalue weighted by Gasteiger charge is 2.23. The van der Waals surface area contributed by atoms with E-state index in [1.165, 1.54) is 0 Å². The average Bonchev–Trinajstić information content (AvgIpc) is 3.15. The largest absolute Gasteiger partial charge is 0.393 e. The SMILES string of the molecule is Cn1cc(CC(=O)N2CCCn3nc(C(O)CO)cc3C2)c2ccccc21. The van der Waals surface area contributed by atoms with Crippen molar-refractivity contribution in [2.75, 3.05) is 13.2 Å². The van der Waals surface area contributed by atoms with Crippen LogP contribution in [0.15, 0.2) is 36.5 Å². The van der Waals surface area contributed by atoms with Crippen molar-refractivity contribution in [1.29, 1.82) is 0 Å². The molecule has 3 heterocycles. The number of carbonyl (C=O) groups excluding carboxylic acids is 1.